The Morgan fingerprint density at radius 1 is 1.30 bits per heavy atom. The molecular weight excluding hydrogens is 174 g/mol. The first-order valence-corrected chi connectivity index (χ1v) is 4.75. The highest BCUT2D eigenvalue weighted by Gasteiger charge is 2.18. The summed E-state index contributed by atoms with van der Waals surface area (Å²) in [5.41, 5.74) is 5.34. The van der Waals surface area contributed by atoms with Gasteiger partial charge in [-0.1, -0.05) is 0 Å². The molecule has 2 N–H and O–H groups in total. The summed E-state index contributed by atoms with van der Waals surface area (Å²) < 4.78 is 21.4. The lowest BCUT2D eigenvalue weighted by atomic mass is 10.3. The minimum absolute atomic E-state index is 0. The van der Waals surface area contributed by atoms with Crippen LogP contribution in [0.1, 0.15) is 13.8 Å². The van der Waals surface area contributed by atoms with Crippen LogP contribution in [0.15, 0.2) is 0 Å². The van der Waals surface area contributed by atoms with Crippen LogP contribution in [0, 0.1) is 0 Å². The molecule has 0 saturated heterocycles. The zero-order valence-corrected chi connectivity index (χ0v) is 8.00. The van der Waals surface area contributed by atoms with E-state index in [2.05, 4.69) is 0 Å². The fourth-order valence-electron chi connectivity index (χ4n) is 0.390. The summed E-state index contributed by atoms with van der Waals surface area (Å²) in [6.07, 6.45) is 1.20. The lowest BCUT2D eigenvalue weighted by molar-refractivity contribution is 0.574. The molecule has 2 atom stereocenters. The van der Waals surface area contributed by atoms with Gasteiger partial charge in [0.2, 0.25) is 0 Å². The van der Waals surface area contributed by atoms with Gasteiger partial charge >= 0.3 is 0 Å². The van der Waals surface area contributed by atoms with Crippen LogP contribution in [-0.2, 0) is 9.84 Å². The predicted octanol–water partition coefficient (Wildman–Crippen LogP) is 0.189. The van der Waals surface area contributed by atoms with Crippen molar-refractivity contribution in [1.29, 1.82) is 0 Å². The smallest absolute Gasteiger partial charge is 0.151 e. The topological polar surface area (TPSA) is 60.2 Å². The SMILES string of the molecule is CC(N)C(C)S(C)(=O)=O.Cl. The second-order valence-electron chi connectivity index (χ2n) is 2.39. The Balaban J connectivity index is 0. The van der Waals surface area contributed by atoms with E-state index < -0.39 is 15.1 Å². The quantitative estimate of drug-likeness (QED) is 0.672. The lowest BCUT2D eigenvalue weighted by Gasteiger charge is -2.11. The molecule has 0 amide bonds. The first kappa shape index (κ1) is 12.8. The summed E-state index contributed by atoms with van der Waals surface area (Å²) in [4.78, 5) is 0. The maximum absolute atomic E-state index is 10.7. The van der Waals surface area contributed by atoms with Crippen LogP contribution >= 0.6 is 12.4 Å². The first-order chi connectivity index (χ1) is 3.85. The van der Waals surface area contributed by atoms with Gasteiger partial charge in [0.25, 0.3) is 0 Å². The fourth-order valence-corrected chi connectivity index (χ4v) is 1.17. The third kappa shape index (κ3) is 4.09. The Bertz CT molecular complexity index is 176. The molecule has 0 fully saturated rings. The zero-order valence-electron chi connectivity index (χ0n) is 6.37. The molecule has 64 valence electrons. The molecule has 0 aromatic carbocycles. The molecule has 0 saturated carbocycles. The number of sulfone groups is 1. The summed E-state index contributed by atoms with van der Waals surface area (Å²) in [5.74, 6) is 0. The van der Waals surface area contributed by atoms with Crippen molar-refractivity contribution < 1.29 is 8.42 Å². The highest BCUT2D eigenvalue weighted by molar-refractivity contribution is 7.91. The van der Waals surface area contributed by atoms with Crippen molar-refractivity contribution in [3.63, 3.8) is 0 Å². The summed E-state index contributed by atoms with van der Waals surface area (Å²) >= 11 is 0. The van der Waals surface area contributed by atoms with Gasteiger partial charge in [-0.2, -0.15) is 0 Å². The van der Waals surface area contributed by atoms with E-state index in [1.807, 2.05) is 0 Å². The molecule has 0 aliphatic rings. The van der Waals surface area contributed by atoms with Crippen LogP contribution in [-0.4, -0.2) is 26.0 Å². The molecule has 0 heterocycles. The van der Waals surface area contributed by atoms with Crippen LogP contribution in [0.3, 0.4) is 0 Å². The maximum Gasteiger partial charge on any atom is 0.151 e. The molecule has 0 bridgehead atoms. The third-order valence-corrected chi connectivity index (χ3v) is 3.20. The number of hydrogen-bond donors (Lipinski definition) is 1. The second-order valence-corrected chi connectivity index (χ2v) is 4.80. The largest absolute Gasteiger partial charge is 0.327 e. The van der Waals surface area contributed by atoms with Gasteiger partial charge in [0, 0.05) is 12.3 Å². The summed E-state index contributed by atoms with van der Waals surface area (Å²) in [6, 6.07) is -0.278. The molecular formula is C5H14ClNO2S. The molecule has 0 rings (SSSR count). The van der Waals surface area contributed by atoms with Gasteiger partial charge in [0.05, 0.1) is 5.25 Å². The summed E-state index contributed by atoms with van der Waals surface area (Å²) in [5, 5.41) is -0.433. The van der Waals surface area contributed by atoms with Crippen LogP contribution in [0.25, 0.3) is 0 Å². The van der Waals surface area contributed by atoms with E-state index >= 15 is 0 Å². The van der Waals surface area contributed by atoms with Crippen molar-refractivity contribution in [2.24, 2.45) is 5.73 Å². The Hall–Kier alpha value is 0.200. The maximum atomic E-state index is 10.7. The molecule has 0 aliphatic carbocycles. The Morgan fingerprint density at radius 3 is 1.60 bits per heavy atom. The van der Waals surface area contributed by atoms with Crippen molar-refractivity contribution >= 4 is 22.2 Å². The minimum atomic E-state index is -2.93. The van der Waals surface area contributed by atoms with E-state index in [1.165, 1.54) is 6.26 Å². The molecule has 10 heavy (non-hydrogen) atoms. The van der Waals surface area contributed by atoms with Gasteiger partial charge < -0.3 is 5.73 Å². The molecule has 0 aromatic rings. The van der Waals surface area contributed by atoms with Crippen molar-refractivity contribution in [2.75, 3.05) is 6.26 Å². The van der Waals surface area contributed by atoms with Gasteiger partial charge in [0.1, 0.15) is 0 Å². The highest BCUT2D eigenvalue weighted by Crippen LogP contribution is 2.00. The predicted molar refractivity (Wildman–Crippen MR) is 45.2 cm³/mol. The molecule has 0 radical (unpaired) electrons. The normalized spacial score (nSPS) is 17.2. The average Bonchev–Trinajstić information content (AvgIpc) is 1.62. The number of nitrogens with two attached hydrogens (primary N) is 1. The minimum Gasteiger partial charge on any atom is -0.327 e. The van der Waals surface area contributed by atoms with Crippen LogP contribution in [0.2, 0.25) is 0 Å². The Morgan fingerprint density at radius 2 is 1.60 bits per heavy atom. The Kier molecular flexibility index (Phi) is 5.34. The van der Waals surface area contributed by atoms with Crippen molar-refractivity contribution in [2.45, 2.75) is 25.1 Å². The summed E-state index contributed by atoms with van der Waals surface area (Å²) in [7, 11) is -2.93. The second kappa shape index (κ2) is 4.16. The van der Waals surface area contributed by atoms with E-state index in [9.17, 15) is 8.42 Å². The average molecular weight is 188 g/mol. The fraction of sp³-hybridized carbons (Fsp3) is 1.00. The van der Waals surface area contributed by atoms with Gasteiger partial charge in [-0.05, 0) is 13.8 Å². The molecule has 5 heteroatoms. The first-order valence-electron chi connectivity index (χ1n) is 2.80. The van der Waals surface area contributed by atoms with E-state index in [-0.39, 0.29) is 18.4 Å². The van der Waals surface area contributed by atoms with Gasteiger partial charge in [0.15, 0.2) is 9.84 Å². The van der Waals surface area contributed by atoms with E-state index in [0.717, 1.165) is 0 Å². The highest BCUT2D eigenvalue weighted by atomic mass is 35.5. The lowest BCUT2D eigenvalue weighted by Crippen LogP contribution is -2.34. The van der Waals surface area contributed by atoms with Crippen molar-refractivity contribution in [3.05, 3.63) is 0 Å². The zero-order chi connectivity index (χ0) is 7.65. The van der Waals surface area contributed by atoms with Crippen LogP contribution in [0.5, 0.6) is 0 Å². The van der Waals surface area contributed by atoms with E-state index in [1.54, 1.807) is 13.8 Å². The van der Waals surface area contributed by atoms with Crippen LogP contribution < -0.4 is 5.73 Å². The van der Waals surface area contributed by atoms with E-state index in [0.29, 0.717) is 0 Å². The molecule has 0 spiro atoms. The number of halogens is 1. The molecule has 0 aromatic heterocycles. The third-order valence-electron chi connectivity index (χ3n) is 1.42. The molecule has 2 unspecified atom stereocenters. The Labute approximate surface area is 68.3 Å². The van der Waals surface area contributed by atoms with E-state index in [4.69, 9.17) is 5.73 Å². The van der Waals surface area contributed by atoms with Crippen molar-refractivity contribution in [1.82, 2.24) is 0 Å². The monoisotopic (exact) mass is 187 g/mol. The van der Waals surface area contributed by atoms with Gasteiger partial charge in [-0.3, -0.25) is 0 Å². The van der Waals surface area contributed by atoms with Crippen molar-refractivity contribution in [3.8, 4) is 0 Å². The van der Waals surface area contributed by atoms with Gasteiger partial charge in [-0.15, -0.1) is 12.4 Å². The molecule has 3 nitrogen and oxygen atoms in total. The van der Waals surface area contributed by atoms with Crippen LogP contribution in [0.4, 0.5) is 0 Å². The van der Waals surface area contributed by atoms with Gasteiger partial charge in [-0.25, -0.2) is 8.42 Å². The standard InChI is InChI=1S/C5H13NO2S.ClH/c1-4(6)5(2)9(3,7)8;/h4-5H,6H2,1-3H3;1H. The number of hydrogen-bond acceptors (Lipinski definition) is 3. The summed E-state index contributed by atoms with van der Waals surface area (Å²) in [6.45, 7) is 3.30. The molecule has 0 aliphatic heterocycles. The number of rotatable bonds is 2.